The molecule has 0 aliphatic heterocycles. The van der Waals surface area contributed by atoms with E-state index in [-0.39, 0.29) is 0 Å². The third-order valence-corrected chi connectivity index (χ3v) is 4.22. The van der Waals surface area contributed by atoms with Gasteiger partial charge in [-0.1, -0.05) is 66.2 Å². The maximum absolute atomic E-state index is 6.41. The van der Waals surface area contributed by atoms with Crippen molar-refractivity contribution in [2.45, 2.75) is 12.8 Å². The lowest BCUT2D eigenvalue weighted by Crippen LogP contribution is -2.08. The molecule has 0 amide bonds. The van der Waals surface area contributed by atoms with Crippen LogP contribution < -0.4 is 0 Å². The fourth-order valence-corrected chi connectivity index (χ4v) is 3.11. The molecule has 3 aromatic rings. The highest BCUT2D eigenvalue weighted by Gasteiger charge is 2.21. The van der Waals surface area contributed by atoms with Crippen molar-refractivity contribution in [1.82, 2.24) is 9.97 Å². The van der Waals surface area contributed by atoms with Gasteiger partial charge in [-0.3, -0.25) is 0 Å². The van der Waals surface area contributed by atoms with Gasteiger partial charge in [-0.2, -0.15) is 0 Å². The number of fused-ring (bicyclic) bond motifs is 3. The molecule has 0 unspecified atom stereocenters. The Balaban J connectivity index is 1.95. The van der Waals surface area contributed by atoms with Crippen LogP contribution in [0.2, 0.25) is 5.15 Å². The number of benzene rings is 2. The number of aryl methyl sites for hydroxylation is 1. The second kappa shape index (κ2) is 4.97. The molecule has 21 heavy (non-hydrogen) atoms. The summed E-state index contributed by atoms with van der Waals surface area (Å²) in [5, 5.41) is 0.577. The van der Waals surface area contributed by atoms with Crippen molar-refractivity contribution >= 4 is 11.6 Å². The van der Waals surface area contributed by atoms with E-state index in [2.05, 4.69) is 23.2 Å². The van der Waals surface area contributed by atoms with Crippen LogP contribution in [0.1, 0.15) is 11.1 Å². The van der Waals surface area contributed by atoms with Crippen molar-refractivity contribution in [3.05, 3.63) is 70.9 Å². The van der Waals surface area contributed by atoms with Gasteiger partial charge in [-0.05, 0) is 18.4 Å². The standard InChI is InChI=1S/C18H13ClN2/c19-17-15-11-10-12-6-4-5-9-14(12)16(15)20-18(21-17)13-7-2-1-3-8-13/h1-9H,10-11H2. The molecule has 1 aliphatic rings. The predicted molar refractivity (Wildman–Crippen MR) is 85.3 cm³/mol. The van der Waals surface area contributed by atoms with Crippen LogP contribution in [0, 0.1) is 0 Å². The SMILES string of the molecule is Clc1nc(-c2ccccc2)nc2c1CCc1ccccc1-2. The monoisotopic (exact) mass is 292 g/mol. The summed E-state index contributed by atoms with van der Waals surface area (Å²) in [6, 6.07) is 18.4. The number of hydrogen-bond donors (Lipinski definition) is 0. The van der Waals surface area contributed by atoms with Crippen molar-refractivity contribution in [1.29, 1.82) is 0 Å². The Hall–Kier alpha value is -2.19. The first-order valence-electron chi connectivity index (χ1n) is 7.03. The zero-order chi connectivity index (χ0) is 14.2. The van der Waals surface area contributed by atoms with E-state index in [4.69, 9.17) is 16.6 Å². The fourth-order valence-electron chi connectivity index (χ4n) is 2.85. The van der Waals surface area contributed by atoms with E-state index >= 15 is 0 Å². The van der Waals surface area contributed by atoms with E-state index in [1.807, 2.05) is 36.4 Å². The van der Waals surface area contributed by atoms with Crippen LogP contribution in [0.5, 0.6) is 0 Å². The molecule has 0 fully saturated rings. The molecule has 0 atom stereocenters. The molecule has 0 spiro atoms. The van der Waals surface area contributed by atoms with Crippen LogP contribution in [0.25, 0.3) is 22.6 Å². The molecule has 1 aliphatic carbocycles. The molecule has 0 N–H and O–H groups in total. The van der Waals surface area contributed by atoms with E-state index in [0.29, 0.717) is 11.0 Å². The Labute approximate surface area is 128 Å². The van der Waals surface area contributed by atoms with Crippen molar-refractivity contribution in [2.24, 2.45) is 0 Å². The second-order valence-corrected chi connectivity index (χ2v) is 5.55. The van der Waals surface area contributed by atoms with Gasteiger partial charge in [0.2, 0.25) is 0 Å². The van der Waals surface area contributed by atoms with Crippen molar-refractivity contribution in [3.8, 4) is 22.6 Å². The Bertz CT molecular complexity index is 813. The summed E-state index contributed by atoms with van der Waals surface area (Å²) in [5.74, 6) is 0.691. The first-order valence-corrected chi connectivity index (χ1v) is 7.41. The minimum Gasteiger partial charge on any atom is -0.228 e. The number of rotatable bonds is 1. The van der Waals surface area contributed by atoms with Gasteiger partial charge in [-0.25, -0.2) is 9.97 Å². The van der Waals surface area contributed by atoms with Gasteiger partial charge in [0.05, 0.1) is 5.69 Å². The maximum atomic E-state index is 6.41. The molecule has 2 aromatic carbocycles. The summed E-state index contributed by atoms with van der Waals surface area (Å²) < 4.78 is 0. The zero-order valence-corrected chi connectivity index (χ0v) is 12.1. The van der Waals surface area contributed by atoms with Crippen molar-refractivity contribution in [2.75, 3.05) is 0 Å². The van der Waals surface area contributed by atoms with Gasteiger partial charge in [0.1, 0.15) is 5.15 Å². The molecule has 0 bridgehead atoms. The molecule has 102 valence electrons. The molecular formula is C18H13ClN2. The number of nitrogens with zero attached hydrogens (tertiary/aromatic N) is 2. The van der Waals surface area contributed by atoms with E-state index in [9.17, 15) is 0 Å². The first kappa shape index (κ1) is 12.5. The molecule has 2 nitrogen and oxygen atoms in total. The van der Waals surface area contributed by atoms with Gasteiger partial charge in [0.15, 0.2) is 5.82 Å². The Morgan fingerprint density at radius 1 is 0.810 bits per heavy atom. The minimum absolute atomic E-state index is 0.577. The molecule has 1 aromatic heterocycles. The quantitative estimate of drug-likeness (QED) is 0.614. The highest BCUT2D eigenvalue weighted by atomic mass is 35.5. The highest BCUT2D eigenvalue weighted by Crippen LogP contribution is 2.36. The van der Waals surface area contributed by atoms with Crippen LogP contribution in [-0.2, 0) is 12.8 Å². The van der Waals surface area contributed by atoms with Crippen LogP contribution >= 0.6 is 11.6 Å². The average molecular weight is 293 g/mol. The molecule has 0 saturated carbocycles. The highest BCUT2D eigenvalue weighted by molar-refractivity contribution is 6.30. The van der Waals surface area contributed by atoms with E-state index in [1.165, 1.54) is 11.1 Å². The number of hydrogen-bond acceptors (Lipinski definition) is 2. The molecular weight excluding hydrogens is 280 g/mol. The van der Waals surface area contributed by atoms with Gasteiger partial charge >= 0.3 is 0 Å². The van der Waals surface area contributed by atoms with E-state index in [1.54, 1.807) is 0 Å². The molecule has 1 heterocycles. The average Bonchev–Trinajstić information content (AvgIpc) is 2.55. The summed E-state index contributed by atoms with van der Waals surface area (Å²) in [5.41, 5.74) is 5.55. The van der Waals surface area contributed by atoms with E-state index < -0.39 is 0 Å². The largest absolute Gasteiger partial charge is 0.228 e. The fraction of sp³-hybridized carbons (Fsp3) is 0.111. The predicted octanol–water partition coefficient (Wildman–Crippen LogP) is 4.56. The first-order chi connectivity index (χ1) is 10.3. The molecule has 3 heteroatoms. The number of aromatic nitrogens is 2. The summed E-state index contributed by atoms with van der Waals surface area (Å²) >= 11 is 6.41. The van der Waals surface area contributed by atoms with Gasteiger partial charge in [0, 0.05) is 16.7 Å². The smallest absolute Gasteiger partial charge is 0.161 e. The Morgan fingerprint density at radius 3 is 2.43 bits per heavy atom. The molecule has 4 rings (SSSR count). The normalized spacial score (nSPS) is 12.6. The van der Waals surface area contributed by atoms with Gasteiger partial charge < -0.3 is 0 Å². The Kier molecular flexibility index (Phi) is 2.97. The topological polar surface area (TPSA) is 25.8 Å². The lowest BCUT2D eigenvalue weighted by molar-refractivity contribution is 0.913. The van der Waals surface area contributed by atoms with Gasteiger partial charge in [0.25, 0.3) is 0 Å². The van der Waals surface area contributed by atoms with Crippen molar-refractivity contribution < 1.29 is 0 Å². The third kappa shape index (κ3) is 2.12. The second-order valence-electron chi connectivity index (χ2n) is 5.19. The van der Waals surface area contributed by atoms with Crippen LogP contribution in [0.15, 0.2) is 54.6 Å². The third-order valence-electron chi connectivity index (χ3n) is 3.91. The van der Waals surface area contributed by atoms with Crippen LogP contribution in [0.3, 0.4) is 0 Å². The summed E-state index contributed by atoms with van der Waals surface area (Å²) in [6.07, 6.45) is 1.90. The summed E-state index contributed by atoms with van der Waals surface area (Å²) in [7, 11) is 0. The lowest BCUT2D eigenvalue weighted by atomic mass is 9.90. The minimum atomic E-state index is 0.577. The van der Waals surface area contributed by atoms with Crippen LogP contribution in [-0.4, -0.2) is 9.97 Å². The van der Waals surface area contributed by atoms with Crippen molar-refractivity contribution in [3.63, 3.8) is 0 Å². The maximum Gasteiger partial charge on any atom is 0.161 e. The van der Waals surface area contributed by atoms with Crippen LogP contribution in [0.4, 0.5) is 0 Å². The molecule has 0 radical (unpaired) electrons. The molecule has 0 saturated heterocycles. The van der Waals surface area contributed by atoms with Gasteiger partial charge in [-0.15, -0.1) is 0 Å². The summed E-state index contributed by atoms with van der Waals surface area (Å²) in [6.45, 7) is 0. The number of halogens is 1. The zero-order valence-electron chi connectivity index (χ0n) is 11.4. The Morgan fingerprint density at radius 2 is 1.57 bits per heavy atom. The summed E-state index contributed by atoms with van der Waals surface area (Å²) in [4.78, 5) is 9.27. The van der Waals surface area contributed by atoms with E-state index in [0.717, 1.165) is 29.7 Å². The lowest BCUT2D eigenvalue weighted by Gasteiger charge is -2.20.